The van der Waals surface area contributed by atoms with Crippen molar-refractivity contribution in [1.82, 2.24) is 5.32 Å². The Morgan fingerprint density at radius 2 is 1.89 bits per heavy atom. The maximum atomic E-state index is 12.0. The highest BCUT2D eigenvalue weighted by Gasteiger charge is 2.19. The second-order valence-electron chi connectivity index (χ2n) is 4.84. The molecule has 4 nitrogen and oxygen atoms in total. The van der Waals surface area contributed by atoms with Crippen molar-refractivity contribution in [1.29, 1.82) is 0 Å². The van der Waals surface area contributed by atoms with Crippen molar-refractivity contribution >= 4 is 22.4 Å². The fourth-order valence-corrected chi connectivity index (χ4v) is 2.24. The number of hydrogen-bond acceptors (Lipinski definition) is 3. The number of nitrogen functional groups attached to an aromatic ring is 1. The molecule has 0 saturated carbocycles. The third-order valence-corrected chi connectivity index (χ3v) is 4.09. The summed E-state index contributed by atoms with van der Waals surface area (Å²) >= 11 is 0. The predicted molar refractivity (Wildman–Crippen MR) is 74.6 cm³/mol. The Hall–Kier alpha value is -1.36. The summed E-state index contributed by atoms with van der Waals surface area (Å²) < 4.78 is 12.0. The second-order valence-corrected chi connectivity index (χ2v) is 6.30. The third-order valence-electron chi connectivity index (χ3n) is 2.77. The summed E-state index contributed by atoms with van der Waals surface area (Å²) in [5.41, 5.74) is 5.91. The first-order chi connectivity index (χ1) is 8.34. The van der Waals surface area contributed by atoms with E-state index in [1.54, 1.807) is 24.3 Å². The SMILES string of the molecule is CCC(C)(C)NC(=O)CS(=O)c1ccc(N)cc1. The molecule has 1 unspecified atom stereocenters. The highest BCUT2D eigenvalue weighted by molar-refractivity contribution is 7.85. The molecule has 0 heterocycles. The Kier molecular flexibility index (Phi) is 4.90. The van der Waals surface area contributed by atoms with Crippen molar-refractivity contribution in [3.8, 4) is 0 Å². The Balaban J connectivity index is 2.60. The monoisotopic (exact) mass is 268 g/mol. The average Bonchev–Trinajstić information content (AvgIpc) is 2.29. The lowest BCUT2D eigenvalue weighted by Gasteiger charge is -2.24. The summed E-state index contributed by atoms with van der Waals surface area (Å²) in [5, 5.41) is 2.86. The number of benzene rings is 1. The molecule has 0 fully saturated rings. The van der Waals surface area contributed by atoms with Crippen molar-refractivity contribution in [2.45, 2.75) is 37.6 Å². The van der Waals surface area contributed by atoms with E-state index in [2.05, 4.69) is 5.32 Å². The molecule has 1 aromatic rings. The van der Waals surface area contributed by atoms with E-state index in [4.69, 9.17) is 5.73 Å². The van der Waals surface area contributed by atoms with Gasteiger partial charge < -0.3 is 11.1 Å². The van der Waals surface area contributed by atoms with Crippen LogP contribution in [0.1, 0.15) is 27.2 Å². The molecule has 100 valence electrons. The fraction of sp³-hybridized carbons (Fsp3) is 0.462. The molecule has 0 aromatic heterocycles. The topological polar surface area (TPSA) is 72.2 Å². The standard InChI is InChI=1S/C13H20N2O2S/c1-4-13(2,3)15-12(16)9-18(17)11-7-5-10(14)6-8-11/h5-8H,4,9,14H2,1-3H3,(H,15,16). The number of amides is 1. The first-order valence-corrected chi connectivity index (χ1v) is 7.21. The van der Waals surface area contributed by atoms with Crippen LogP contribution in [0.3, 0.4) is 0 Å². The molecule has 1 rings (SSSR count). The Bertz CT molecular complexity index is 441. The van der Waals surface area contributed by atoms with Gasteiger partial charge in [0.05, 0.1) is 10.8 Å². The molecule has 18 heavy (non-hydrogen) atoms. The first-order valence-electron chi connectivity index (χ1n) is 5.89. The van der Waals surface area contributed by atoms with Crippen molar-refractivity contribution in [3.63, 3.8) is 0 Å². The van der Waals surface area contributed by atoms with E-state index < -0.39 is 10.8 Å². The van der Waals surface area contributed by atoms with E-state index in [9.17, 15) is 9.00 Å². The van der Waals surface area contributed by atoms with Gasteiger partial charge in [0, 0.05) is 16.1 Å². The Morgan fingerprint density at radius 3 is 2.39 bits per heavy atom. The molecule has 1 aromatic carbocycles. The zero-order valence-corrected chi connectivity index (χ0v) is 11.8. The van der Waals surface area contributed by atoms with E-state index in [0.29, 0.717) is 10.6 Å². The number of hydrogen-bond donors (Lipinski definition) is 2. The molecule has 3 N–H and O–H groups in total. The number of rotatable bonds is 5. The largest absolute Gasteiger partial charge is 0.399 e. The summed E-state index contributed by atoms with van der Waals surface area (Å²) in [6.45, 7) is 5.88. The van der Waals surface area contributed by atoms with E-state index in [0.717, 1.165) is 6.42 Å². The van der Waals surface area contributed by atoms with Gasteiger partial charge >= 0.3 is 0 Å². The van der Waals surface area contributed by atoms with Crippen LogP contribution in [0.25, 0.3) is 0 Å². The van der Waals surface area contributed by atoms with Gasteiger partial charge in [-0.15, -0.1) is 0 Å². The highest BCUT2D eigenvalue weighted by Crippen LogP contribution is 2.11. The van der Waals surface area contributed by atoms with Gasteiger partial charge in [-0.25, -0.2) is 0 Å². The van der Waals surface area contributed by atoms with Gasteiger partial charge in [0.1, 0.15) is 5.75 Å². The second kappa shape index (κ2) is 6.00. The number of nitrogens with one attached hydrogen (secondary N) is 1. The number of carbonyl (C=O) groups is 1. The summed E-state index contributed by atoms with van der Waals surface area (Å²) in [6.07, 6.45) is 0.827. The average molecular weight is 268 g/mol. The van der Waals surface area contributed by atoms with Gasteiger partial charge in [-0.1, -0.05) is 6.92 Å². The van der Waals surface area contributed by atoms with E-state index in [-0.39, 0.29) is 17.2 Å². The lowest BCUT2D eigenvalue weighted by atomic mass is 10.0. The third kappa shape index (κ3) is 4.49. The van der Waals surface area contributed by atoms with Crippen LogP contribution in [-0.2, 0) is 15.6 Å². The van der Waals surface area contributed by atoms with E-state index >= 15 is 0 Å². The van der Waals surface area contributed by atoms with Crippen LogP contribution >= 0.6 is 0 Å². The number of anilines is 1. The lowest BCUT2D eigenvalue weighted by Crippen LogP contribution is -2.44. The Labute approximate surface area is 110 Å². The van der Waals surface area contributed by atoms with Gasteiger partial charge in [0.25, 0.3) is 0 Å². The summed E-state index contributed by atoms with van der Waals surface area (Å²) in [6, 6.07) is 6.73. The normalized spacial score (nSPS) is 13.1. The van der Waals surface area contributed by atoms with Crippen LogP contribution in [0.5, 0.6) is 0 Å². The van der Waals surface area contributed by atoms with Crippen LogP contribution in [0.4, 0.5) is 5.69 Å². The summed E-state index contributed by atoms with van der Waals surface area (Å²) in [4.78, 5) is 12.4. The molecule has 1 atom stereocenters. The number of nitrogens with two attached hydrogens (primary N) is 1. The minimum Gasteiger partial charge on any atom is -0.399 e. The van der Waals surface area contributed by atoms with Crippen molar-refractivity contribution in [3.05, 3.63) is 24.3 Å². The van der Waals surface area contributed by atoms with Gasteiger partial charge in [-0.2, -0.15) is 0 Å². The molecule has 0 aliphatic heterocycles. The van der Waals surface area contributed by atoms with Crippen LogP contribution in [-0.4, -0.2) is 21.4 Å². The van der Waals surface area contributed by atoms with E-state index in [1.807, 2.05) is 20.8 Å². The molecule has 0 saturated heterocycles. The summed E-state index contributed by atoms with van der Waals surface area (Å²) in [5.74, 6) is -0.218. The van der Waals surface area contributed by atoms with Gasteiger partial charge in [-0.3, -0.25) is 9.00 Å². The quantitative estimate of drug-likeness (QED) is 0.798. The van der Waals surface area contributed by atoms with Gasteiger partial charge in [0.2, 0.25) is 5.91 Å². The van der Waals surface area contributed by atoms with Crippen molar-refractivity contribution < 1.29 is 9.00 Å². The highest BCUT2D eigenvalue weighted by atomic mass is 32.2. The molecule has 0 aliphatic carbocycles. The van der Waals surface area contributed by atoms with Crippen LogP contribution in [0, 0.1) is 0 Å². The minimum absolute atomic E-state index is 0.0205. The number of carbonyl (C=O) groups excluding carboxylic acids is 1. The molecule has 0 bridgehead atoms. The molecule has 1 amide bonds. The molecular formula is C13H20N2O2S. The predicted octanol–water partition coefficient (Wildman–Crippen LogP) is 1.68. The minimum atomic E-state index is -1.33. The molecular weight excluding hydrogens is 248 g/mol. The molecule has 0 radical (unpaired) electrons. The Morgan fingerprint density at radius 1 is 1.33 bits per heavy atom. The van der Waals surface area contributed by atoms with Crippen molar-refractivity contribution in [2.75, 3.05) is 11.5 Å². The molecule has 0 aliphatic rings. The zero-order valence-electron chi connectivity index (χ0n) is 11.0. The van der Waals surface area contributed by atoms with E-state index in [1.165, 1.54) is 0 Å². The smallest absolute Gasteiger partial charge is 0.233 e. The van der Waals surface area contributed by atoms with Crippen LogP contribution in [0.15, 0.2) is 29.2 Å². The summed E-state index contributed by atoms with van der Waals surface area (Å²) in [7, 11) is -1.33. The maximum absolute atomic E-state index is 12.0. The van der Waals surface area contributed by atoms with Gasteiger partial charge in [-0.05, 0) is 44.5 Å². The van der Waals surface area contributed by atoms with Gasteiger partial charge in [0.15, 0.2) is 0 Å². The zero-order chi connectivity index (χ0) is 13.8. The lowest BCUT2D eigenvalue weighted by molar-refractivity contribution is -0.120. The molecule has 5 heteroatoms. The van der Waals surface area contributed by atoms with Crippen LogP contribution in [0.2, 0.25) is 0 Å². The first kappa shape index (κ1) is 14.7. The molecule has 0 spiro atoms. The van der Waals surface area contributed by atoms with Crippen molar-refractivity contribution in [2.24, 2.45) is 0 Å². The maximum Gasteiger partial charge on any atom is 0.233 e. The fourth-order valence-electron chi connectivity index (χ4n) is 1.32. The van der Waals surface area contributed by atoms with Crippen LogP contribution < -0.4 is 11.1 Å².